The third-order valence-electron chi connectivity index (χ3n) is 3.16. The molecular formula is C16H18BrN3O. The minimum atomic E-state index is -0.170. The highest BCUT2D eigenvalue weighted by atomic mass is 79.9. The number of hydrogen-bond donors (Lipinski definition) is 2. The number of nitrogens with two attached hydrogens (primary N) is 1. The molecule has 110 valence electrons. The van der Waals surface area contributed by atoms with Crippen molar-refractivity contribution in [3.63, 3.8) is 0 Å². The maximum absolute atomic E-state index is 12.1. The predicted molar refractivity (Wildman–Crippen MR) is 90.5 cm³/mol. The second kappa shape index (κ2) is 6.63. The number of anilines is 2. The Hall–Kier alpha value is -2.01. The van der Waals surface area contributed by atoms with Crippen molar-refractivity contribution in [1.29, 1.82) is 0 Å². The van der Waals surface area contributed by atoms with Gasteiger partial charge in [0.15, 0.2) is 0 Å². The summed E-state index contributed by atoms with van der Waals surface area (Å²) >= 11 is 3.32. The molecule has 1 amide bonds. The average Bonchev–Trinajstić information content (AvgIpc) is 2.45. The molecule has 0 heterocycles. The van der Waals surface area contributed by atoms with Gasteiger partial charge in [-0.2, -0.15) is 0 Å². The van der Waals surface area contributed by atoms with E-state index in [4.69, 9.17) is 5.73 Å². The molecule has 5 heteroatoms. The topological polar surface area (TPSA) is 58.4 Å². The van der Waals surface area contributed by atoms with E-state index in [-0.39, 0.29) is 5.91 Å². The zero-order chi connectivity index (χ0) is 15.4. The summed E-state index contributed by atoms with van der Waals surface area (Å²) in [6.07, 6.45) is 0. The third kappa shape index (κ3) is 3.98. The van der Waals surface area contributed by atoms with E-state index in [2.05, 4.69) is 21.2 Å². The van der Waals surface area contributed by atoms with Crippen LogP contribution in [0.3, 0.4) is 0 Å². The number of halogens is 1. The fourth-order valence-corrected chi connectivity index (χ4v) is 2.31. The van der Waals surface area contributed by atoms with E-state index in [0.717, 1.165) is 15.7 Å². The Balaban J connectivity index is 2.00. The maximum atomic E-state index is 12.1. The van der Waals surface area contributed by atoms with Crippen LogP contribution in [-0.2, 0) is 6.54 Å². The van der Waals surface area contributed by atoms with Crippen molar-refractivity contribution in [1.82, 2.24) is 5.32 Å². The Morgan fingerprint density at radius 1 is 1.19 bits per heavy atom. The van der Waals surface area contributed by atoms with E-state index in [9.17, 15) is 4.79 Å². The number of rotatable bonds is 4. The lowest BCUT2D eigenvalue weighted by atomic mass is 10.1. The highest BCUT2D eigenvalue weighted by Crippen LogP contribution is 2.18. The first-order chi connectivity index (χ1) is 9.97. The number of benzene rings is 2. The molecule has 0 aliphatic rings. The molecule has 0 saturated carbocycles. The molecule has 0 atom stereocenters. The number of nitrogens with one attached hydrogen (secondary N) is 1. The lowest BCUT2D eigenvalue weighted by molar-refractivity contribution is 0.0952. The van der Waals surface area contributed by atoms with Crippen LogP contribution >= 0.6 is 15.9 Å². The van der Waals surface area contributed by atoms with Crippen LogP contribution in [0.15, 0.2) is 46.9 Å². The summed E-state index contributed by atoms with van der Waals surface area (Å²) in [5.74, 6) is -0.170. The fourth-order valence-electron chi connectivity index (χ4n) is 1.93. The summed E-state index contributed by atoms with van der Waals surface area (Å²) in [5, 5.41) is 2.88. The molecule has 0 bridgehead atoms. The minimum Gasteiger partial charge on any atom is -0.398 e. The highest BCUT2D eigenvalue weighted by Gasteiger charge is 2.09. The van der Waals surface area contributed by atoms with Gasteiger partial charge in [-0.1, -0.05) is 28.1 Å². The summed E-state index contributed by atoms with van der Waals surface area (Å²) in [7, 11) is 3.99. The zero-order valence-electron chi connectivity index (χ0n) is 12.1. The Morgan fingerprint density at radius 2 is 1.86 bits per heavy atom. The molecular weight excluding hydrogens is 330 g/mol. The molecule has 2 aromatic rings. The van der Waals surface area contributed by atoms with E-state index >= 15 is 0 Å². The van der Waals surface area contributed by atoms with Crippen molar-refractivity contribution in [2.45, 2.75) is 6.54 Å². The number of carbonyl (C=O) groups excluding carboxylic acids is 1. The van der Waals surface area contributed by atoms with Gasteiger partial charge in [0.05, 0.1) is 5.56 Å². The molecule has 4 nitrogen and oxygen atoms in total. The first-order valence-corrected chi connectivity index (χ1v) is 7.36. The van der Waals surface area contributed by atoms with Crippen LogP contribution in [0.4, 0.5) is 11.4 Å². The van der Waals surface area contributed by atoms with Crippen LogP contribution in [0.5, 0.6) is 0 Å². The second-order valence-electron chi connectivity index (χ2n) is 4.98. The Morgan fingerprint density at radius 3 is 2.43 bits per heavy atom. The molecule has 0 aliphatic heterocycles. The van der Waals surface area contributed by atoms with E-state index in [0.29, 0.717) is 17.8 Å². The Kier molecular flexibility index (Phi) is 4.85. The van der Waals surface area contributed by atoms with E-state index in [1.807, 2.05) is 43.3 Å². The summed E-state index contributed by atoms with van der Waals surface area (Å²) in [6, 6.07) is 13.3. The lowest BCUT2D eigenvalue weighted by Gasteiger charge is -2.13. The largest absolute Gasteiger partial charge is 0.398 e. The molecule has 21 heavy (non-hydrogen) atoms. The Bertz CT molecular complexity index is 638. The molecule has 2 rings (SSSR count). The first kappa shape index (κ1) is 15.4. The van der Waals surface area contributed by atoms with Crippen molar-refractivity contribution >= 4 is 33.2 Å². The number of amides is 1. The van der Waals surface area contributed by atoms with Gasteiger partial charge in [0.1, 0.15) is 0 Å². The van der Waals surface area contributed by atoms with Crippen LogP contribution in [0, 0.1) is 0 Å². The van der Waals surface area contributed by atoms with Gasteiger partial charge < -0.3 is 16.0 Å². The molecule has 0 aromatic heterocycles. The van der Waals surface area contributed by atoms with E-state index < -0.39 is 0 Å². The van der Waals surface area contributed by atoms with Crippen molar-refractivity contribution in [3.8, 4) is 0 Å². The van der Waals surface area contributed by atoms with Gasteiger partial charge in [0.2, 0.25) is 0 Å². The minimum absolute atomic E-state index is 0.170. The summed E-state index contributed by atoms with van der Waals surface area (Å²) < 4.78 is 0.857. The van der Waals surface area contributed by atoms with Crippen LogP contribution in [0.1, 0.15) is 15.9 Å². The SMILES string of the molecule is CN(C)c1ccc(CNC(=O)c2ccc(Br)cc2N)cc1. The molecule has 2 aromatic carbocycles. The van der Waals surface area contributed by atoms with Gasteiger partial charge in [-0.3, -0.25) is 4.79 Å². The van der Waals surface area contributed by atoms with Crippen LogP contribution in [0.2, 0.25) is 0 Å². The number of nitrogens with zero attached hydrogens (tertiary/aromatic N) is 1. The lowest BCUT2D eigenvalue weighted by Crippen LogP contribution is -2.23. The number of nitrogen functional groups attached to an aromatic ring is 1. The molecule has 3 N–H and O–H groups in total. The monoisotopic (exact) mass is 347 g/mol. The van der Waals surface area contributed by atoms with Crippen molar-refractivity contribution in [2.75, 3.05) is 24.7 Å². The molecule has 0 unspecified atom stereocenters. The van der Waals surface area contributed by atoms with Crippen molar-refractivity contribution < 1.29 is 4.79 Å². The van der Waals surface area contributed by atoms with Crippen molar-refractivity contribution in [3.05, 3.63) is 58.1 Å². The van der Waals surface area contributed by atoms with Crippen LogP contribution in [0.25, 0.3) is 0 Å². The summed E-state index contributed by atoms with van der Waals surface area (Å²) in [4.78, 5) is 14.1. The fraction of sp³-hybridized carbons (Fsp3) is 0.188. The number of hydrogen-bond acceptors (Lipinski definition) is 3. The van der Waals surface area contributed by atoms with E-state index in [1.165, 1.54) is 0 Å². The van der Waals surface area contributed by atoms with Gasteiger partial charge in [-0.25, -0.2) is 0 Å². The predicted octanol–water partition coefficient (Wildman–Crippen LogP) is 3.03. The van der Waals surface area contributed by atoms with Gasteiger partial charge >= 0.3 is 0 Å². The summed E-state index contributed by atoms with van der Waals surface area (Å²) in [5.41, 5.74) is 8.97. The van der Waals surface area contributed by atoms with Gasteiger partial charge in [-0.15, -0.1) is 0 Å². The molecule has 0 radical (unpaired) electrons. The third-order valence-corrected chi connectivity index (χ3v) is 3.66. The van der Waals surface area contributed by atoms with Crippen LogP contribution < -0.4 is 16.0 Å². The standard InChI is InChI=1S/C16H18BrN3O/c1-20(2)13-6-3-11(4-7-13)10-19-16(21)14-8-5-12(17)9-15(14)18/h3-9H,10,18H2,1-2H3,(H,19,21). The second-order valence-corrected chi connectivity index (χ2v) is 5.89. The average molecular weight is 348 g/mol. The normalized spacial score (nSPS) is 10.2. The smallest absolute Gasteiger partial charge is 0.253 e. The van der Waals surface area contributed by atoms with Gasteiger partial charge in [0, 0.05) is 36.5 Å². The van der Waals surface area contributed by atoms with Gasteiger partial charge in [0.25, 0.3) is 5.91 Å². The van der Waals surface area contributed by atoms with Gasteiger partial charge in [-0.05, 0) is 35.9 Å². The molecule has 0 saturated heterocycles. The van der Waals surface area contributed by atoms with E-state index in [1.54, 1.807) is 18.2 Å². The molecule has 0 fully saturated rings. The van der Waals surface area contributed by atoms with Crippen molar-refractivity contribution in [2.24, 2.45) is 0 Å². The molecule has 0 aliphatic carbocycles. The summed E-state index contributed by atoms with van der Waals surface area (Å²) in [6.45, 7) is 0.474. The quantitative estimate of drug-likeness (QED) is 0.835. The maximum Gasteiger partial charge on any atom is 0.253 e. The number of carbonyl (C=O) groups is 1. The first-order valence-electron chi connectivity index (χ1n) is 6.57. The zero-order valence-corrected chi connectivity index (χ0v) is 13.6. The molecule has 0 spiro atoms. The highest BCUT2D eigenvalue weighted by molar-refractivity contribution is 9.10. The Labute approximate surface area is 133 Å². The van der Waals surface area contributed by atoms with Crippen LogP contribution in [-0.4, -0.2) is 20.0 Å².